The van der Waals surface area contributed by atoms with Gasteiger partial charge in [0.1, 0.15) is 5.82 Å². The molecule has 3 N–H and O–H groups in total. The maximum absolute atomic E-state index is 14.8. The number of fused-ring (bicyclic) bond motifs is 1. The number of nitrogen functional groups attached to an aromatic ring is 1. The molecule has 0 atom stereocenters. The molecule has 3 aromatic rings. The number of aromatic nitrogens is 1. The van der Waals surface area contributed by atoms with E-state index in [4.69, 9.17) is 5.73 Å². The van der Waals surface area contributed by atoms with Gasteiger partial charge in [-0.1, -0.05) is 42.5 Å². The largest absolute Gasteiger partial charge is 0.383 e. The maximum Gasteiger partial charge on any atom is 0.251 e. The molecular weight excluding hydrogens is 415 g/mol. The van der Waals surface area contributed by atoms with Crippen molar-refractivity contribution in [3.8, 4) is 22.3 Å². The predicted molar refractivity (Wildman–Crippen MR) is 130 cm³/mol. The summed E-state index contributed by atoms with van der Waals surface area (Å²) in [5.74, 6) is -0.520. The van der Waals surface area contributed by atoms with Crippen molar-refractivity contribution in [3.63, 3.8) is 0 Å². The first-order valence-corrected chi connectivity index (χ1v) is 11.3. The van der Waals surface area contributed by atoms with E-state index in [1.54, 1.807) is 12.1 Å². The molecule has 2 aliphatic heterocycles. The number of hydrogen-bond acceptors (Lipinski definition) is 4. The molecule has 5 nitrogen and oxygen atoms in total. The number of nitrogens with one attached hydrogen (secondary N) is 1. The van der Waals surface area contributed by atoms with E-state index in [9.17, 15) is 9.18 Å². The lowest BCUT2D eigenvalue weighted by atomic mass is 9.93. The van der Waals surface area contributed by atoms with Gasteiger partial charge < -0.3 is 11.1 Å². The summed E-state index contributed by atoms with van der Waals surface area (Å²) in [6.45, 7) is 6.89. The number of anilines is 1. The number of nitrogens with two attached hydrogens (primary N) is 1. The summed E-state index contributed by atoms with van der Waals surface area (Å²) in [4.78, 5) is 18.5. The minimum Gasteiger partial charge on any atom is -0.383 e. The van der Waals surface area contributed by atoms with Crippen LogP contribution < -0.4 is 11.1 Å². The van der Waals surface area contributed by atoms with Crippen LogP contribution in [0.4, 0.5) is 10.2 Å². The highest BCUT2D eigenvalue weighted by Crippen LogP contribution is 2.34. The van der Waals surface area contributed by atoms with Gasteiger partial charge in [-0.2, -0.15) is 4.39 Å². The first-order valence-electron chi connectivity index (χ1n) is 11.3. The van der Waals surface area contributed by atoms with E-state index in [2.05, 4.69) is 35.1 Å². The van der Waals surface area contributed by atoms with Crippen molar-refractivity contribution in [1.29, 1.82) is 0 Å². The average Bonchev–Trinajstić information content (AvgIpc) is 3.30. The topological polar surface area (TPSA) is 71.2 Å². The fourth-order valence-electron chi connectivity index (χ4n) is 4.57. The number of amides is 1. The van der Waals surface area contributed by atoms with E-state index in [0.717, 1.165) is 41.8 Å². The van der Waals surface area contributed by atoms with Gasteiger partial charge in [-0.15, -0.1) is 0 Å². The van der Waals surface area contributed by atoms with E-state index >= 15 is 0 Å². The van der Waals surface area contributed by atoms with E-state index in [1.165, 1.54) is 5.57 Å². The first kappa shape index (κ1) is 21.3. The Morgan fingerprint density at radius 1 is 1.00 bits per heavy atom. The molecule has 2 aromatic carbocycles. The van der Waals surface area contributed by atoms with Gasteiger partial charge in [-0.05, 0) is 60.2 Å². The van der Waals surface area contributed by atoms with Crippen molar-refractivity contribution in [3.05, 3.63) is 77.2 Å². The Morgan fingerprint density at radius 3 is 2.45 bits per heavy atom. The molecule has 2 aliphatic rings. The molecule has 0 fully saturated rings. The average molecular weight is 443 g/mol. The maximum atomic E-state index is 14.8. The van der Waals surface area contributed by atoms with Crippen molar-refractivity contribution in [2.75, 3.05) is 25.4 Å². The third kappa shape index (κ3) is 4.02. The molecule has 1 aromatic heterocycles. The molecular formula is C27H27FN4O. The van der Waals surface area contributed by atoms with Gasteiger partial charge in [0.25, 0.3) is 5.91 Å². The third-order valence-corrected chi connectivity index (χ3v) is 6.59. The summed E-state index contributed by atoms with van der Waals surface area (Å²) >= 11 is 0. The SMILES string of the molecule is CC(C)N1CC=C(c2ccc(-c3cc(-c4ccc5c(c4)CCNC5=O)c(N)nc3F)cc2)C1. The second-order valence-corrected chi connectivity index (χ2v) is 8.97. The van der Waals surface area contributed by atoms with Crippen LogP contribution in [0.15, 0.2) is 54.6 Å². The fourth-order valence-corrected chi connectivity index (χ4v) is 4.57. The van der Waals surface area contributed by atoms with E-state index < -0.39 is 5.95 Å². The van der Waals surface area contributed by atoms with Crippen LogP contribution >= 0.6 is 0 Å². The van der Waals surface area contributed by atoms with Crippen LogP contribution in [-0.2, 0) is 6.42 Å². The van der Waals surface area contributed by atoms with Crippen molar-refractivity contribution < 1.29 is 9.18 Å². The Kier molecular flexibility index (Phi) is 5.46. The quantitative estimate of drug-likeness (QED) is 0.583. The third-order valence-electron chi connectivity index (χ3n) is 6.59. The van der Waals surface area contributed by atoms with E-state index in [0.29, 0.717) is 29.3 Å². The van der Waals surface area contributed by atoms with Gasteiger partial charge in [0.15, 0.2) is 0 Å². The van der Waals surface area contributed by atoms with Gasteiger partial charge in [0.05, 0.1) is 0 Å². The van der Waals surface area contributed by atoms with Crippen LogP contribution in [0.2, 0.25) is 0 Å². The highest BCUT2D eigenvalue weighted by Gasteiger charge is 2.20. The normalized spacial score (nSPS) is 16.0. The summed E-state index contributed by atoms with van der Waals surface area (Å²) < 4.78 is 14.8. The number of halogens is 1. The zero-order chi connectivity index (χ0) is 23.1. The molecule has 1 amide bonds. The molecule has 0 saturated heterocycles. The van der Waals surface area contributed by atoms with Gasteiger partial charge >= 0.3 is 0 Å². The molecule has 33 heavy (non-hydrogen) atoms. The van der Waals surface area contributed by atoms with Crippen molar-refractivity contribution in [2.45, 2.75) is 26.3 Å². The van der Waals surface area contributed by atoms with Gasteiger partial charge in [0.2, 0.25) is 5.95 Å². The molecule has 6 heteroatoms. The predicted octanol–water partition coefficient (Wildman–Crippen LogP) is 4.53. The number of benzene rings is 2. The highest BCUT2D eigenvalue weighted by molar-refractivity contribution is 5.97. The molecule has 168 valence electrons. The minimum atomic E-state index is -0.590. The van der Waals surface area contributed by atoms with Crippen LogP contribution in [0.1, 0.15) is 35.3 Å². The number of carbonyl (C=O) groups is 1. The Balaban J connectivity index is 1.47. The molecule has 0 spiro atoms. The zero-order valence-electron chi connectivity index (χ0n) is 18.9. The molecule has 0 unspecified atom stereocenters. The summed E-state index contributed by atoms with van der Waals surface area (Å²) in [6.07, 6.45) is 3.01. The van der Waals surface area contributed by atoms with Crippen LogP contribution in [-0.4, -0.2) is 41.5 Å². The molecule has 0 bridgehead atoms. The molecule has 3 heterocycles. The van der Waals surface area contributed by atoms with E-state index in [-0.39, 0.29) is 11.7 Å². The Bertz CT molecular complexity index is 1260. The smallest absolute Gasteiger partial charge is 0.251 e. The van der Waals surface area contributed by atoms with Crippen molar-refractivity contribution >= 4 is 17.3 Å². The second-order valence-electron chi connectivity index (χ2n) is 8.97. The monoisotopic (exact) mass is 442 g/mol. The molecule has 5 rings (SSSR count). The number of pyridine rings is 1. The van der Waals surface area contributed by atoms with Gasteiger partial charge in [-0.25, -0.2) is 4.98 Å². The lowest BCUT2D eigenvalue weighted by Gasteiger charge is -2.20. The van der Waals surface area contributed by atoms with Crippen LogP contribution in [0.25, 0.3) is 27.8 Å². The van der Waals surface area contributed by atoms with Crippen molar-refractivity contribution in [1.82, 2.24) is 15.2 Å². The Morgan fingerprint density at radius 2 is 1.73 bits per heavy atom. The Labute approximate surface area is 193 Å². The number of hydrogen-bond donors (Lipinski definition) is 2. The number of nitrogens with zero attached hydrogens (tertiary/aromatic N) is 2. The summed E-state index contributed by atoms with van der Waals surface area (Å²) in [5, 5.41) is 2.85. The van der Waals surface area contributed by atoms with Gasteiger partial charge in [0, 0.05) is 42.4 Å². The lowest BCUT2D eigenvalue weighted by molar-refractivity contribution is 0.0946. The molecule has 0 saturated carbocycles. The summed E-state index contributed by atoms with van der Waals surface area (Å²) in [5.41, 5.74) is 12.8. The number of carbonyl (C=O) groups excluding carboxylic acids is 1. The minimum absolute atomic E-state index is 0.0670. The molecule has 0 aliphatic carbocycles. The fraction of sp³-hybridized carbons (Fsp3) is 0.259. The molecule has 0 radical (unpaired) electrons. The van der Waals surface area contributed by atoms with Crippen LogP contribution in [0.5, 0.6) is 0 Å². The lowest BCUT2D eigenvalue weighted by Crippen LogP contribution is -2.31. The Hall–Kier alpha value is -3.51. The van der Waals surface area contributed by atoms with Crippen LogP contribution in [0.3, 0.4) is 0 Å². The summed E-state index contributed by atoms with van der Waals surface area (Å²) in [7, 11) is 0. The first-order chi connectivity index (χ1) is 15.9. The van der Waals surface area contributed by atoms with Crippen LogP contribution in [0, 0.1) is 5.95 Å². The standard InChI is InChI=1S/C27H27FN4O/c1-16(2)32-12-10-21(15-32)17-3-5-18(6-4-17)23-14-24(26(29)31-25(23)28)19-7-8-22-20(13-19)9-11-30-27(22)33/h3-8,10,13-14,16H,9,11-12,15H2,1-2H3,(H2,29,31)(H,30,33). The number of rotatable bonds is 4. The van der Waals surface area contributed by atoms with E-state index in [1.807, 2.05) is 36.4 Å². The zero-order valence-corrected chi connectivity index (χ0v) is 18.9. The second kappa shape index (κ2) is 8.45. The van der Waals surface area contributed by atoms with Crippen molar-refractivity contribution in [2.24, 2.45) is 0 Å². The highest BCUT2D eigenvalue weighted by atomic mass is 19.1. The van der Waals surface area contributed by atoms with Gasteiger partial charge in [-0.3, -0.25) is 9.69 Å². The summed E-state index contributed by atoms with van der Waals surface area (Å²) in [6, 6.07) is 15.8.